The van der Waals surface area contributed by atoms with Crippen molar-refractivity contribution >= 4 is 12.0 Å². The number of hydrogen-bond acceptors (Lipinski definition) is 3. The van der Waals surface area contributed by atoms with E-state index in [0.29, 0.717) is 26.1 Å². The predicted molar refractivity (Wildman–Crippen MR) is 66.4 cm³/mol. The van der Waals surface area contributed by atoms with Crippen LogP contribution in [0, 0.1) is 5.92 Å². The van der Waals surface area contributed by atoms with E-state index in [-0.39, 0.29) is 18.1 Å². The van der Waals surface area contributed by atoms with Crippen LogP contribution >= 0.6 is 0 Å². The zero-order valence-electron chi connectivity index (χ0n) is 11.2. The highest BCUT2D eigenvalue weighted by Crippen LogP contribution is 2.10. The van der Waals surface area contributed by atoms with E-state index in [9.17, 15) is 9.59 Å². The molecule has 1 heterocycles. The molecule has 0 radical (unpaired) electrons. The molecule has 0 aromatic heterocycles. The standard InChI is InChI=1S/C12H22N2O4/c1-4-8(2)10(11(15)16)13-12(17)14-5-6-18-9(3)7-14/h8-10H,4-7H2,1-3H3,(H,13,17)(H,15,16)/t8?,9?,10-/m0/s1. The van der Waals surface area contributed by atoms with Crippen LogP contribution in [-0.4, -0.2) is 53.8 Å². The quantitative estimate of drug-likeness (QED) is 0.785. The first-order valence-corrected chi connectivity index (χ1v) is 6.35. The molecule has 1 fully saturated rings. The second-order valence-corrected chi connectivity index (χ2v) is 4.78. The van der Waals surface area contributed by atoms with Crippen LogP contribution in [0.25, 0.3) is 0 Å². The lowest BCUT2D eigenvalue weighted by molar-refractivity contribution is -0.140. The van der Waals surface area contributed by atoms with Gasteiger partial charge in [0.2, 0.25) is 0 Å². The Kier molecular flexibility index (Phi) is 5.40. The Morgan fingerprint density at radius 2 is 2.22 bits per heavy atom. The van der Waals surface area contributed by atoms with Gasteiger partial charge in [-0.05, 0) is 12.8 Å². The molecule has 0 saturated carbocycles. The van der Waals surface area contributed by atoms with Gasteiger partial charge in [0.1, 0.15) is 6.04 Å². The lowest BCUT2D eigenvalue weighted by Crippen LogP contribution is -2.54. The molecule has 3 atom stereocenters. The molecule has 0 aromatic carbocycles. The molecule has 0 aromatic rings. The maximum Gasteiger partial charge on any atom is 0.326 e. The minimum atomic E-state index is -0.987. The van der Waals surface area contributed by atoms with Crippen LogP contribution in [0.5, 0.6) is 0 Å². The SMILES string of the molecule is CCC(C)[C@H](NC(=O)N1CCOC(C)C1)C(=O)O. The summed E-state index contributed by atoms with van der Waals surface area (Å²) >= 11 is 0. The van der Waals surface area contributed by atoms with Crippen molar-refractivity contribution in [1.29, 1.82) is 0 Å². The number of carbonyl (C=O) groups is 2. The summed E-state index contributed by atoms with van der Waals surface area (Å²) in [5, 5.41) is 11.7. The average molecular weight is 258 g/mol. The van der Waals surface area contributed by atoms with E-state index in [1.807, 2.05) is 20.8 Å². The number of nitrogens with zero attached hydrogens (tertiary/aromatic N) is 1. The number of morpholine rings is 1. The van der Waals surface area contributed by atoms with E-state index in [1.165, 1.54) is 0 Å². The highest BCUT2D eigenvalue weighted by molar-refractivity contribution is 5.82. The third kappa shape index (κ3) is 3.87. The van der Waals surface area contributed by atoms with Crippen LogP contribution in [-0.2, 0) is 9.53 Å². The number of carbonyl (C=O) groups excluding carboxylic acids is 1. The Hall–Kier alpha value is -1.30. The third-order valence-corrected chi connectivity index (χ3v) is 3.29. The van der Waals surface area contributed by atoms with Crippen LogP contribution < -0.4 is 5.32 Å². The molecule has 2 N–H and O–H groups in total. The van der Waals surface area contributed by atoms with Gasteiger partial charge in [-0.15, -0.1) is 0 Å². The van der Waals surface area contributed by atoms with Gasteiger partial charge < -0.3 is 20.1 Å². The van der Waals surface area contributed by atoms with E-state index in [1.54, 1.807) is 4.90 Å². The summed E-state index contributed by atoms with van der Waals surface area (Å²) < 4.78 is 5.34. The number of carboxylic acid groups (broad SMARTS) is 1. The lowest BCUT2D eigenvalue weighted by atomic mass is 9.99. The molecule has 1 aliphatic rings. The molecular weight excluding hydrogens is 236 g/mol. The van der Waals surface area contributed by atoms with Gasteiger partial charge >= 0.3 is 12.0 Å². The fourth-order valence-corrected chi connectivity index (χ4v) is 1.91. The van der Waals surface area contributed by atoms with Crippen molar-refractivity contribution in [3.63, 3.8) is 0 Å². The molecule has 0 bridgehead atoms. The molecular formula is C12H22N2O4. The summed E-state index contributed by atoms with van der Waals surface area (Å²) in [6.45, 7) is 7.12. The Morgan fingerprint density at radius 1 is 1.56 bits per heavy atom. The van der Waals surface area contributed by atoms with Gasteiger partial charge in [0, 0.05) is 13.1 Å². The second-order valence-electron chi connectivity index (χ2n) is 4.78. The monoisotopic (exact) mass is 258 g/mol. The molecule has 18 heavy (non-hydrogen) atoms. The molecule has 2 amide bonds. The fourth-order valence-electron chi connectivity index (χ4n) is 1.91. The first-order valence-electron chi connectivity index (χ1n) is 6.35. The van der Waals surface area contributed by atoms with Crippen LogP contribution in [0.4, 0.5) is 4.79 Å². The molecule has 6 heteroatoms. The number of carboxylic acids is 1. The zero-order valence-corrected chi connectivity index (χ0v) is 11.2. The van der Waals surface area contributed by atoms with Gasteiger partial charge in [-0.1, -0.05) is 20.3 Å². The number of amides is 2. The Morgan fingerprint density at radius 3 is 2.72 bits per heavy atom. The first-order chi connectivity index (χ1) is 8.45. The molecule has 104 valence electrons. The minimum Gasteiger partial charge on any atom is -0.480 e. The van der Waals surface area contributed by atoms with Gasteiger partial charge in [-0.2, -0.15) is 0 Å². The van der Waals surface area contributed by atoms with E-state index < -0.39 is 12.0 Å². The highest BCUT2D eigenvalue weighted by Gasteiger charge is 2.29. The second kappa shape index (κ2) is 6.58. The van der Waals surface area contributed by atoms with Crippen molar-refractivity contribution in [1.82, 2.24) is 10.2 Å². The number of hydrogen-bond donors (Lipinski definition) is 2. The van der Waals surface area contributed by atoms with Crippen molar-refractivity contribution in [2.75, 3.05) is 19.7 Å². The van der Waals surface area contributed by atoms with Crippen molar-refractivity contribution < 1.29 is 19.4 Å². The van der Waals surface area contributed by atoms with Gasteiger partial charge in [0.25, 0.3) is 0 Å². The van der Waals surface area contributed by atoms with E-state index in [2.05, 4.69) is 5.32 Å². The van der Waals surface area contributed by atoms with Crippen LogP contribution in [0.3, 0.4) is 0 Å². The van der Waals surface area contributed by atoms with Crippen molar-refractivity contribution in [2.24, 2.45) is 5.92 Å². The third-order valence-electron chi connectivity index (χ3n) is 3.29. The number of ether oxygens (including phenoxy) is 1. The largest absolute Gasteiger partial charge is 0.480 e. The Bertz CT molecular complexity index is 308. The fraction of sp³-hybridized carbons (Fsp3) is 0.833. The minimum absolute atomic E-state index is 0.00335. The topological polar surface area (TPSA) is 78.9 Å². The van der Waals surface area contributed by atoms with Crippen molar-refractivity contribution in [3.8, 4) is 0 Å². The highest BCUT2D eigenvalue weighted by atomic mass is 16.5. The summed E-state index contributed by atoms with van der Waals surface area (Å²) in [6, 6.07) is -1.15. The summed E-state index contributed by atoms with van der Waals surface area (Å²) in [5.74, 6) is -1.08. The Labute approximate surface area is 107 Å². The Balaban J connectivity index is 2.58. The predicted octanol–water partition coefficient (Wildman–Crippen LogP) is 0.916. The molecule has 6 nitrogen and oxygen atoms in total. The number of rotatable bonds is 4. The molecule has 1 aliphatic heterocycles. The summed E-state index contributed by atoms with van der Waals surface area (Å²) in [7, 11) is 0. The van der Waals surface area contributed by atoms with Gasteiger partial charge in [-0.3, -0.25) is 0 Å². The summed E-state index contributed by atoms with van der Waals surface area (Å²) in [4.78, 5) is 24.7. The van der Waals surface area contributed by atoms with Crippen molar-refractivity contribution in [3.05, 3.63) is 0 Å². The molecule has 2 unspecified atom stereocenters. The van der Waals surface area contributed by atoms with Gasteiger partial charge in [-0.25, -0.2) is 9.59 Å². The van der Waals surface area contributed by atoms with E-state index in [0.717, 1.165) is 0 Å². The first kappa shape index (κ1) is 14.8. The van der Waals surface area contributed by atoms with Gasteiger partial charge in [0.05, 0.1) is 12.7 Å². The molecule has 0 aliphatic carbocycles. The van der Waals surface area contributed by atoms with Gasteiger partial charge in [0.15, 0.2) is 0 Å². The van der Waals surface area contributed by atoms with E-state index >= 15 is 0 Å². The number of urea groups is 1. The normalized spacial score (nSPS) is 23.3. The average Bonchev–Trinajstić information content (AvgIpc) is 2.34. The lowest BCUT2D eigenvalue weighted by Gasteiger charge is -2.32. The smallest absolute Gasteiger partial charge is 0.326 e. The molecule has 1 saturated heterocycles. The number of nitrogens with one attached hydrogen (secondary N) is 1. The van der Waals surface area contributed by atoms with Crippen LogP contribution in [0.15, 0.2) is 0 Å². The van der Waals surface area contributed by atoms with Crippen LogP contribution in [0.2, 0.25) is 0 Å². The van der Waals surface area contributed by atoms with Crippen molar-refractivity contribution in [2.45, 2.75) is 39.3 Å². The zero-order chi connectivity index (χ0) is 13.7. The summed E-state index contributed by atoms with van der Waals surface area (Å²) in [5.41, 5.74) is 0. The number of aliphatic carboxylic acids is 1. The maximum atomic E-state index is 12.0. The maximum absolute atomic E-state index is 12.0. The van der Waals surface area contributed by atoms with E-state index in [4.69, 9.17) is 9.84 Å². The molecule has 0 spiro atoms. The summed E-state index contributed by atoms with van der Waals surface area (Å²) in [6.07, 6.45) is 0.702. The van der Waals surface area contributed by atoms with Crippen LogP contribution in [0.1, 0.15) is 27.2 Å². The molecule has 1 rings (SSSR count).